The smallest absolute Gasteiger partial charge is 0.423 e. The van der Waals surface area contributed by atoms with Gasteiger partial charge in [0.15, 0.2) is 0 Å². The molecule has 14 heavy (non-hydrogen) atoms. The van der Waals surface area contributed by atoms with Crippen molar-refractivity contribution < 1.29 is 10.0 Å². The van der Waals surface area contributed by atoms with Crippen LogP contribution in [0, 0.1) is 0 Å². The van der Waals surface area contributed by atoms with Crippen molar-refractivity contribution in [2.75, 3.05) is 0 Å². The van der Waals surface area contributed by atoms with E-state index in [1.54, 1.807) is 23.5 Å². The van der Waals surface area contributed by atoms with Crippen LogP contribution >= 0.6 is 11.3 Å². The molecule has 2 aromatic rings. The lowest BCUT2D eigenvalue weighted by atomic mass is 9.76. The van der Waals surface area contributed by atoms with Crippen LogP contribution < -0.4 is 5.46 Å². The van der Waals surface area contributed by atoms with Crippen LogP contribution in [0.5, 0.6) is 0 Å². The van der Waals surface area contributed by atoms with Gasteiger partial charge in [-0.1, -0.05) is 24.3 Å². The first kappa shape index (κ1) is 9.46. The van der Waals surface area contributed by atoms with Crippen LogP contribution in [0.3, 0.4) is 0 Å². The maximum absolute atomic E-state index is 9.16. The van der Waals surface area contributed by atoms with Crippen LogP contribution in [0.1, 0.15) is 0 Å². The van der Waals surface area contributed by atoms with Gasteiger partial charge in [-0.05, 0) is 33.4 Å². The molecule has 1 aromatic heterocycles. The summed E-state index contributed by atoms with van der Waals surface area (Å²) < 4.78 is 0. The summed E-state index contributed by atoms with van der Waals surface area (Å²) in [4.78, 5) is 0. The van der Waals surface area contributed by atoms with Crippen molar-refractivity contribution in [2.24, 2.45) is 0 Å². The Labute approximate surface area is 86.6 Å². The fourth-order valence-electron chi connectivity index (χ4n) is 1.40. The van der Waals surface area contributed by atoms with Crippen molar-refractivity contribution in [1.29, 1.82) is 0 Å². The van der Waals surface area contributed by atoms with E-state index in [1.165, 1.54) is 0 Å². The van der Waals surface area contributed by atoms with E-state index in [1.807, 2.05) is 29.0 Å². The number of benzene rings is 1. The second-order valence-corrected chi connectivity index (χ2v) is 3.75. The fraction of sp³-hybridized carbons (Fsp3) is 0. The Hall–Kier alpha value is -1.10. The number of thiophene rings is 1. The molecule has 1 aromatic carbocycles. The lowest BCUT2D eigenvalue weighted by Crippen LogP contribution is -2.31. The van der Waals surface area contributed by atoms with Crippen molar-refractivity contribution >= 4 is 23.9 Å². The van der Waals surface area contributed by atoms with Gasteiger partial charge in [0.25, 0.3) is 0 Å². The summed E-state index contributed by atoms with van der Waals surface area (Å²) in [6.07, 6.45) is 0. The lowest BCUT2D eigenvalue weighted by molar-refractivity contribution is 0.426. The number of rotatable bonds is 2. The lowest BCUT2D eigenvalue weighted by Gasteiger charge is -2.06. The van der Waals surface area contributed by atoms with Gasteiger partial charge < -0.3 is 10.0 Å². The largest absolute Gasteiger partial charge is 0.489 e. The average molecular weight is 204 g/mol. The Morgan fingerprint density at radius 1 is 1.07 bits per heavy atom. The number of hydrogen-bond donors (Lipinski definition) is 2. The molecule has 4 heteroatoms. The van der Waals surface area contributed by atoms with Gasteiger partial charge in [0.1, 0.15) is 0 Å². The van der Waals surface area contributed by atoms with Crippen LogP contribution in [0.25, 0.3) is 11.1 Å². The van der Waals surface area contributed by atoms with E-state index >= 15 is 0 Å². The minimum atomic E-state index is -1.41. The molecule has 2 nitrogen and oxygen atoms in total. The molecule has 70 valence electrons. The first-order valence-electron chi connectivity index (χ1n) is 4.26. The van der Waals surface area contributed by atoms with Crippen LogP contribution in [0.15, 0.2) is 41.1 Å². The summed E-state index contributed by atoms with van der Waals surface area (Å²) in [6, 6.07) is 9.25. The van der Waals surface area contributed by atoms with Crippen molar-refractivity contribution in [3.05, 3.63) is 41.1 Å². The highest BCUT2D eigenvalue weighted by Gasteiger charge is 2.15. The Balaban J connectivity index is 2.53. The van der Waals surface area contributed by atoms with Crippen LogP contribution in [0.2, 0.25) is 0 Å². The van der Waals surface area contributed by atoms with Gasteiger partial charge >= 0.3 is 7.12 Å². The minimum absolute atomic E-state index is 0.547. The van der Waals surface area contributed by atoms with Gasteiger partial charge in [0, 0.05) is 0 Å². The highest BCUT2D eigenvalue weighted by atomic mass is 32.1. The second kappa shape index (κ2) is 3.96. The molecule has 0 radical (unpaired) electrons. The van der Waals surface area contributed by atoms with Crippen molar-refractivity contribution in [2.45, 2.75) is 0 Å². The molecule has 0 fully saturated rings. The van der Waals surface area contributed by atoms with Gasteiger partial charge in [-0.2, -0.15) is 11.3 Å². The van der Waals surface area contributed by atoms with Gasteiger partial charge in [-0.15, -0.1) is 0 Å². The van der Waals surface area contributed by atoms with E-state index in [0.29, 0.717) is 5.46 Å². The maximum atomic E-state index is 9.16. The fourth-order valence-corrected chi connectivity index (χ4v) is 2.06. The standard InChI is InChI=1S/C10H9BO2S/c12-11(13)10-4-2-1-3-9(10)8-5-6-14-7-8/h1-7,12-13H. The molecule has 2 N–H and O–H groups in total. The first-order valence-corrected chi connectivity index (χ1v) is 5.21. The zero-order valence-corrected chi connectivity index (χ0v) is 8.24. The molecule has 0 atom stereocenters. The zero-order chi connectivity index (χ0) is 9.97. The molecule has 0 unspecified atom stereocenters. The monoisotopic (exact) mass is 204 g/mol. The topological polar surface area (TPSA) is 40.5 Å². The molecular weight excluding hydrogens is 195 g/mol. The van der Waals surface area contributed by atoms with E-state index in [-0.39, 0.29) is 0 Å². The highest BCUT2D eigenvalue weighted by molar-refractivity contribution is 7.08. The molecule has 0 saturated carbocycles. The summed E-state index contributed by atoms with van der Waals surface area (Å²) in [5.74, 6) is 0. The Morgan fingerprint density at radius 3 is 2.50 bits per heavy atom. The third kappa shape index (κ3) is 1.72. The third-order valence-electron chi connectivity index (χ3n) is 2.07. The van der Waals surface area contributed by atoms with Gasteiger partial charge in [0.2, 0.25) is 0 Å². The molecule has 0 aliphatic heterocycles. The molecule has 1 heterocycles. The summed E-state index contributed by atoms with van der Waals surface area (Å²) in [5, 5.41) is 22.3. The van der Waals surface area contributed by atoms with Crippen molar-refractivity contribution in [3.63, 3.8) is 0 Å². The van der Waals surface area contributed by atoms with E-state index in [0.717, 1.165) is 11.1 Å². The van der Waals surface area contributed by atoms with Gasteiger partial charge in [-0.25, -0.2) is 0 Å². The van der Waals surface area contributed by atoms with Crippen LogP contribution in [-0.2, 0) is 0 Å². The van der Waals surface area contributed by atoms with E-state index in [4.69, 9.17) is 10.0 Å². The quantitative estimate of drug-likeness (QED) is 0.719. The Morgan fingerprint density at radius 2 is 1.86 bits per heavy atom. The molecule has 0 aliphatic carbocycles. The highest BCUT2D eigenvalue weighted by Crippen LogP contribution is 2.20. The van der Waals surface area contributed by atoms with Crippen molar-refractivity contribution in [3.8, 4) is 11.1 Å². The predicted molar refractivity (Wildman–Crippen MR) is 59.6 cm³/mol. The van der Waals surface area contributed by atoms with Gasteiger partial charge in [0.05, 0.1) is 0 Å². The zero-order valence-electron chi connectivity index (χ0n) is 7.42. The minimum Gasteiger partial charge on any atom is -0.423 e. The molecule has 0 saturated heterocycles. The van der Waals surface area contributed by atoms with Crippen molar-refractivity contribution in [1.82, 2.24) is 0 Å². The molecule has 0 spiro atoms. The maximum Gasteiger partial charge on any atom is 0.489 e. The Bertz CT molecular complexity index is 412. The van der Waals surface area contributed by atoms with Gasteiger partial charge in [-0.3, -0.25) is 0 Å². The van der Waals surface area contributed by atoms with Crippen LogP contribution in [0.4, 0.5) is 0 Å². The SMILES string of the molecule is OB(O)c1ccccc1-c1ccsc1. The van der Waals surface area contributed by atoms with E-state index < -0.39 is 7.12 Å². The summed E-state index contributed by atoms with van der Waals surface area (Å²) >= 11 is 1.59. The average Bonchev–Trinajstić information content (AvgIpc) is 2.70. The molecule has 0 aliphatic rings. The summed E-state index contributed by atoms with van der Waals surface area (Å²) in [7, 11) is -1.41. The summed E-state index contributed by atoms with van der Waals surface area (Å²) in [5.41, 5.74) is 2.45. The molecule has 0 amide bonds. The normalized spacial score (nSPS) is 10.1. The molecule has 2 rings (SSSR count). The van der Waals surface area contributed by atoms with Crippen LogP contribution in [-0.4, -0.2) is 17.2 Å². The third-order valence-corrected chi connectivity index (χ3v) is 2.75. The second-order valence-electron chi connectivity index (χ2n) is 2.97. The van der Waals surface area contributed by atoms with E-state index in [2.05, 4.69) is 0 Å². The predicted octanol–water partition coefficient (Wildman–Crippen LogP) is 1.09. The van der Waals surface area contributed by atoms with E-state index in [9.17, 15) is 0 Å². The molecular formula is C10H9BO2S. The number of hydrogen-bond acceptors (Lipinski definition) is 3. The first-order chi connectivity index (χ1) is 6.79. The Kier molecular flexibility index (Phi) is 2.68. The summed E-state index contributed by atoms with van der Waals surface area (Å²) in [6.45, 7) is 0. The molecule has 0 bridgehead atoms.